The zero-order chi connectivity index (χ0) is 58.5. The van der Waals surface area contributed by atoms with Crippen molar-refractivity contribution < 1.29 is 28.6 Å². The topological polar surface area (TPSA) is 78.9 Å². The molecule has 0 radical (unpaired) electrons. The number of ether oxygens (including phenoxy) is 3. The van der Waals surface area contributed by atoms with Gasteiger partial charge in [0.25, 0.3) is 0 Å². The lowest BCUT2D eigenvalue weighted by molar-refractivity contribution is -0.167. The van der Waals surface area contributed by atoms with Gasteiger partial charge in [0.05, 0.1) is 0 Å². The first-order valence-electron chi connectivity index (χ1n) is 34.0. The highest BCUT2D eigenvalue weighted by Crippen LogP contribution is 2.16. The molecule has 6 heteroatoms. The third kappa shape index (κ3) is 66.5. The Balaban J connectivity index is 4.34. The summed E-state index contributed by atoms with van der Waals surface area (Å²) in [5.74, 6) is -0.924. The van der Waals surface area contributed by atoms with Gasteiger partial charge in [0.1, 0.15) is 13.2 Å². The zero-order valence-electron chi connectivity index (χ0n) is 53.0. The maximum Gasteiger partial charge on any atom is 0.306 e. The molecule has 462 valence electrons. The lowest BCUT2D eigenvalue weighted by Crippen LogP contribution is -2.30. The van der Waals surface area contributed by atoms with Crippen molar-refractivity contribution in [3.8, 4) is 0 Å². The summed E-state index contributed by atoms with van der Waals surface area (Å²) in [5, 5.41) is 0. The lowest BCUT2D eigenvalue weighted by atomic mass is 10.0. The number of allylic oxidation sites excluding steroid dienone is 20. The Bertz CT molecular complexity index is 1670. The molecule has 81 heavy (non-hydrogen) atoms. The van der Waals surface area contributed by atoms with Crippen LogP contribution in [0.4, 0.5) is 0 Å². The second-order valence-corrected chi connectivity index (χ2v) is 22.3. The number of hydrogen-bond donors (Lipinski definition) is 0. The number of hydrogen-bond acceptors (Lipinski definition) is 6. The van der Waals surface area contributed by atoms with E-state index >= 15 is 0 Å². The average Bonchev–Trinajstić information content (AvgIpc) is 3.46. The van der Waals surface area contributed by atoms with E-state index in [2.05, 4.69) is 142 Å². The predicted octanol–water partition coefficient (Wildman–Crippen LogP) is 23.6. The van der Waals surface area contributed by atoms with Gasteiger partial charge in [-0.25, -0.2) is 0 Å². The number of carbonyl (C=O) groups is 3. The second kappa shape index (κ2) is 68.3. The van der Waals surface area contributed by atoms with Crippen LogP contribution < -0.4 is 0 Å². The van der Waals surface area contributed by atoms with Crippen LogP contribution in [0.5, 0.6) is 0 Å². The van der Waals surface area contributed by atoms with Crippen LogP contribution in [-0.2, 0) is 28.6 Å². The molecule has 0 amide bonds. The average molecular weight is 1120 g/mol. The highest BCUT2D eigenvalue weighted by Gasteiger charge is 2.19. The van der Waals surface area contributed by atoms with Crippen LogP contribution >= 0.6 is 0 Å². The van der Waals surface area contributed by atoms with Gasteiger partial charge in [0.2, 0.25) is 0 Å². The summed E-state index contributed by atoms with van der Waals surface area (Å²) >= 11 is 0. The van der Waals surface area contributed by atoms with Crippen LogP contribution in [0, 0.1) is 0 Å². The van der Waals surface area contributed by atoms with Crippen LogP contribution in [0.3, 0.4) is 0 Å². The number of rotatable bonds is 61. The number of carbonyl (C=O) groups excluding carboxylic acids is 3. The van der Waals surface area contributed by atoms with E-state index in [4.69, 9.17) is 14.2 Å². The standard InChI is InChI=1S/C75H126O6/c1-4-7-10-13-16-19-22-25-27-29-31-33-35-36-37-38-40-41-43-45-47-50-53-56-59-62-65-68-74(77)80-71-72(70-79-73(76)67-64-61-58-55-52-49-24-21-18-15-12-9-6-3)81-75(78)69-66-63-60-57-54-51-48-46-44-42-39-34-32-30-28-26-23-20-17-14-11-8-5-2/h7,9-10,12,16,18-19,21,25,27,30-33,36-37,40-41,49,52,72H,4-6,8,11,13-15,17,20,22-24,26,28-29,34-35,38-39,42-48,50-51,53-71H2,1-3H3/b10-7-,12-9-,19-16-,21-18-,27-25-,32-30-,33-31-,37-36-,41-40-,52-49-. The molecule has 0 aromatic rings. The van der Waals surface area contributed by atoms with E-state index in [9.17, 15) is 14.4 Å². The minimum atomic E-state index is -0.798. The van der Waals surface area contributed by atoms with Crippen molar-refractivity contribution in [1.29, 1.82) is 0 Å². The highest BCUT2D eigenvalue weighted by atomic mass is 16.6. The summed E-state index contributed by atoms with van der Waals surface area (Å²) in [6.07, 6.45) is 95.1. The molecule has 0 spiro atoms. The molecule has 0 saturated carbocycles. The molecule has 0 aliphatic rings. The minimum Gasteiger partial charge on any atom is -0.462 e. The van der Waals surface area contributed by atoms with Crippen LogP contribution in [0.25, 0.3) is 0 Å². The SMILES string of the molecule is CC/C=C\C/C=C\C/C=C\C/C=C\C/C=C\C/C=C\CCCCCCCCCCC(=O)OCC(COC(=O)CCCCC/C=C\C/C=C\C/C=C\CC)OC(=O)CCCCCCCCCCCCC/C=C\CCCCCCCCCC. The molecule has 0 rings (SSSR count). The van der Waals surface area contributed by atoms with E-state index in [1.54, 1.807) is 0 Å². The molecule has 0 saturated heterocycles. The van der Waals surface area contributed by atoms with Gasteiger partial charge in [-0.1, -0.05) is 290 Å². The second-order valence-electron chi connectivity index (χ2n) is 22.3. The first kappa shape index (κ1) is 76.8. The molecule has 0 N–H and O–H groups in total. The normalized spacial score (nSPS) is 12.9. The van der Waals surface area contributed by atoms with Gasteiger partial charge in [0, 0.05) is 19.3 Å². The van der Waals surface area contributed by atoms with Gasteiger partial charge in [0.15, 0.2) is 6.10 Å². The zero-order valence-corrected chi connectivity index (χ0v) is 53.0. The summed E-state index contributed by atoms with van der Waals surface area (Å²) in [7, 11) is 0. The Kier molecular flexibility index (Phi) is 64.8. The monoisotopic (exact) mass is 1120 g/mol. The molecule has 0 aromatic heterocycles. The molecule has 1 unspecified atom stereocenters. The first-order chi connectivity index (χ1) is 40.0. The minimum absolute atomic E-state index is 0.0934. The lowest BCUT2D eigenvalue weighted by Gasteiger charge is -2.18. The van der Waals surface area contributed by atoms with Crippen LogP contribution in [0.15, 0.2) is 122 Å². The Labute approximate surface area is 501 Å². The molecule has 6 nitrogen and oxygen atoms in total. The quantitative estimate of drug-likeness (QED) is 0.0261. The summed E-state index contributed by atoms with van der Waals surface area (Å²) in [5.41, 5.74) is 0. The smallest absolute Gasteiger partial charge is 0.306 e. The van der Waals surface area contributed by atoms with E-state index in [0.717, 1.165) is 128 Å². The summed E-state index contributed by atoms with van der Waals surface area (Å²) in [6.45, 7) is 6.40. The maximum atomic E-state index is 12.9. The largest absolute Gasteiger partial charge is 0.462 e. The Morgan fingerprint density at radius 2 is 0.481 bits per heavy atom. The molecule has 0 bridgehead atoms. The molecular formula is C75H126O6. The van der Waals surface area contributed by atoms with E-state index in [0.29, 0.717) is 19.3 Å². The van der Waals surface area contributed by atoms with Crippen molar-refractivity contribution >= 4 is 17.9 Å². The fourth-order valence-electron chi connectivity index (χ4n) is 9.40. The van der Waals surface area contributed by atoms with Crippen molar-refractivity contribution in [3.63, 3.8) is 0 Å². The highest BCUT2D eigenvalue weighted by molar-refractivity contribution is 5.71. The van der Waals surface area contributed by atoms with Crippen LogP contribution in [-0.4, -0.2) is 37.2 Å². The van der Waals surface area contributed by atoms with E-state index in [1.807, 2.05) is 0 Å². The van der Waals surface area contributed by atoms with E-state index < -0.39 is 6.10 Å². The van der Waals surface area contributed by atoms with Gasteiger partial charge < -0.3 is 14.2 Å². The van der Waals surface area contributed by atoms with Crippen molar-refractivity contribution in [2.45, 2.75) is 322 Å². The predicted molar refractivity (Wildman–Crippen MR) is 353 cm³/mol. The third-order valence-electron chi connectivity index (χ3n) is 14.4. The molecule has 0 heterocycles. The maximum absolute atomic E-state index is 12.9. The molecule has 0 aromatic carbocycles. The van der Waals surface area contributed by atoms with Crippen molar-refractivity contribution in [3.05, 3.63) is 122 Å². The molecular weight excluding hydrogens is 997 g/mol. The van der Waals surface area contributed by atoms with E-state index in [1.165, 1.54) is 148 Å². The van der Waals surface area contributed by atoms with Crippen molar-refractivity contribution in [2.24, 2.45) is 0 Å². The molecule has 0 aliphatic heterocycles. The van der Waals surface area contributed by atoms with Crippen LogP contribution in [0.2, 0.25) is 0 Å². The molecule has 1 atom stereocenters. The van der Waals surface area contributed by atoms with Gasteiger partial charge in [-0.05, 0) is 128 Å². The number of esters is 3. The van der Waals surface area contributed by atoms with Gasteiger partial charge >= 0.3 is 17.9 Å². The molecule has 0 aliphatic carbocycles. The number of unbranched alkanes of at least 4 members (excludes halogenated alkanes) is 30. The fourth-order valence-corrected chi connectivity index (χ4v) is 9.40. The first-order valence-corrected chi connectivity index (χ1v) is 34.0. The summed E-state index contributed by atoms with van der Waals surface area (Å²) in [6, 6.07) is 0. The van der Waals surface area contributed by atoms with Crippen molar-refractivity contribution in [1.82, 2.24) is 0 Å². The fraction of sp³-hybridized carbons (Fsp3) is 0.693. The summed E-state index contributed by atoms with van der Waals surface area (Å²) < 4.78 is 16.9. The Morgan fingerprint density at radius 3 is 0.778 bits per heavy atom. The van der Waals surface area contributed by atoms with Crippen LogP contribution in [0.1, 0.15) is 316 Å². The van der Waals surface area contributed by atoms with Gasteiger partial charge in [-0.15, -0.1) is 0 Å². The van der Waals surface area contributed by atoms with Gasteiger partial charge in [-0.2, -0.15) is 0 Å². The van der Waals surface area contributed by atoms with Crippen molar-refractivity contribution in [2.75, 3.05) is 13.2 Å². The molecule has 0 fully saturated rings. The third-order valence-corrected chi connectivity index (χ3v) is 14.4. The Morgan fingerprint density at radius 1 is 0.259 bits per heavy atom. The van der Waals surface area contributed by atoms with Gasteiger partial charge in [-0.3, -0.25) is 14.4 Å². The Hall–Kier alpha value is -4.19. The summed E-state index contributed by atoms with van der Waals surface area (Å²) in [4.78, 5) is 38.4. The van der Waals surface area contributed by atoms with E-state index in [-0.39, 0.29) is 31.1 Å².